The lowest BCUT2D eigenvalue weighted by atomic mass is 9.90. The number of anilines is 1. The van der Waals surface area contributed by atoms with E-state index < -0.39 is 15.8 Å². The fourth-order valence-electron chi connectivity index (χ4n) is 4.89. The molecule has 0 spiro atoms. The third-order valence-electron chi connectivity index (χ3n) is 6.62. The quantitative estimate of drug-likeness (QED) is 0.587. The van der Waals surface area contributed by atoms with E-state index in [0.717, 1.165) is 75.4 Å². The van der Waals surface area contributed by atoms with Gasteiger partial charge in [-0.25, -0.2) is 17.5 Å². The summed E-state index contributed by atoms with van der Waals surface area (Å²) in [4.78, 5) is 4.92. The van der Waals surface area contributed by atoms with Crippen molar-refractivity contribution < 1.29 is 17.5 Å². The summed E-state index contributed by atoms with van der Waals surface area (Å²) in [5.41, 5.74) is 1.15. The van der Waals surface area contributed by atoms with Crippen molar-refractivity contribution in [3.63, 3.8) is 0 Å². The van der Waals surface area contributed by atoms with Crippen molar-refractivity contribution in [3.8, 4) is 5.75 Å². The van der Waals surface area contributed by atoms with Crippen molar-refractivity contribution in [1.82, 2.24) is 9.62 Å². The minimum atomic E-state index is -3.73. The van der Waals surface area contributed by atoms with Crippen LogP contribution in [0.15, 0.2) is 47.4 Å². The smallest absolute Gasteiger partial charge is 0.240 e. The molecule has 6 nitrogen and oxygen atoms in total. The van der Waals surface area contributed by atoms with Gasteiger partial charge in [0.2, 0.25) is 10.0 Å². The number of hydrogen-bond acceptors (Lipinski definition) is 5. The minimum absolute atomic E-state index is 0.00104. The summed E-state index contributed by atoms with van der Waals surface area (Å²) in [5, 5.41) is -0.191. The topological polar surface area (TPSA) is 61.9 Å². The van der Waals surface area contributed by atoms with Gasteiger partial charge < -0.3 is 9.64 Å². The predicted molar refractivity (Wildman–Crippen MR) is 134 cm³/mol. The van der Waals surface area contributed by atoms with Crippen LogP contribution in [0, 0.1) is 5.82 Å². The molecule has 4 rings (SSSR count). The monoisotopic (exact) mass is 509 g/mol. The average Bonchev–Trinajstić information content (AvgIpc) is 2.81. The Morgan fingerprint density at radius 1 is 1.03 bits per heavy atom. The Kier molecular flexibility index (Phi) is 8.02. The average molecular weight is 510 g/mol. The van der Waals surface area contributed by atoms with Gasteiger partial charge in [-0.15, -0.1) is 0 Å². The lowest BCUT2D eigenvalue weighted by molar-refractivity contribution is 0.139. The molecule has 1 saturated carbocycles. The fraction of sp³-hybridized carbons (Fsp3) is 0.520. The zero-order valence-corrected chi connectivity index (χ0v) is 21.3. The Bertz CT molecular complexity index is 1080. The summed E-state index contributed by atoms with van der Waals surface area (Å²) in [7, 11) is -3.73. The highest BCUT2D eigenvalue weighted by Crippen LogP contribution is 2.31. The van der Waals surface area contributed by atoms with Gasteiger partial charge in [0.25, 0.3) is 0 Å². The van der Waals surface area contributed by atoms with Crippen molar-refractivity contribution >= 4 is 27.3 Å². The van der Waals surface area contributed by atoms with E-state index in [1.807, 2.05) is 26.0 Å². The highest BCUT2D eigenvalue weighted by Gasteiger charge is 2.31. The SMILES string of the molecule is CC(C)Oc1ccccc1N1CCN(C2CCC(NS(=O)(=O)c3ccc(F)c(Cl)c3)CC2)CC1. The maximum atomic E-state index is 13.4. The molecule has 1 saturated heterocycles. The standard InChI is InChI=1S/C25H33ClFN3O3S/c1-18(2)33-25-6-4-3-5-24(25)30-15-13-29(14-16-30)20-9-7-19(8-10-20)28-34(31,32)21-11-12-23(27)22(26)17-21/h3-6,11-12,17-20,28H,7-10,13-16H2,1-2H3. The largest absolute Gasteiger partial charge is 0.489 e. The summed E-state index contributed by atoms with van der Waals surface area (Å²) >= 11 is 5.76. The number of nitrogens with one attached hydrogen (secondary N) is 1. The van der Waals surface area contributed by atoms with Gasteiger partial charge >= 0.3 is 0 Å². The Morgan fingerprint density at radius 3 is 2.35 bits per heavy atom. The van der Waals surface area contributed by atoms with Crippen LogP contribution in [-0.2, 0) is 10.0 Å². The van der Waals surface area contributed by atoms with Crippen molar-refractivity contribution in [2.45, 2.75) is 62.6 Å². The van der Waals surface area contributed by atoms with E-state index in [1.54, 1.807) is 0 Å². The number of nitrogens with zero attached hydrogens (tertiary/aromatic N) is 2. The molecule has 2 aromatic carbocycles. The minimum Gasteiger partial charge on any atom is -0.489 e. The number of sulfonamides is 1. The molecule has 2 aromatic rings. The number of piperazine rings is 1. The Hall–Kier alpha value is -1.87. The zero-order chi connectivity index (χ0) is 24.3. The molecule has 0 aromatic heterocycles. The Labute approximate surface area is 207 Å². The second-order valence-corrected chi connectivity index (χ2v) is 11.5. The molecule has 0 bridgehead atoms. The first-order valence-corrected chi connectivity index (χ1v) is 13.8. The molecule has 0 unspecified atom stereocenters. The first-order chi connectivity index (χ1) is 16.2. The lowest BCUT2D eigenvalue weighted by Gasteiger charge is -2.43. The van der Waals surface area contributed by atoms with Gasteiger partial charge in [-0.05, 0) is 69.9 Å². The van der Waals surface area contributed by atoms with E-state index in [1.165, 1.54) is 6.07 Å². The fourth-order valence-corrected chi connectivity index (χ4v) is 6.47. The molecular formula is C25H33ClFN3O3S. The van der Waals surface area contributed by atoms with Gasteiger partial charge in [-0.3, -0.25) is 4.90 Å². The van der Waals surface area contributed by atoms with Gasteiger partial charge in [-0.2, -0.15) is 0 Å². The molecule has 186 valence electrons. The predicted octanol–water partition coefficient (Wildman–Crippen LogP) is 4.68. The second-order valence-electron chi connectivity index (χ2n) is 9.36. The third kappa shape index (κ3) is 6.03. The van der Waals surface area contributed by atoms with E-state index in [2.05, 4.69) is 26.7 Å². The maximum absolute atomic E-state index is 13.4. The number of ether oxygens (including phenoxy) is 1. The molecule has 9 heteroatoms. The number of benzene rings is 2. The molecule has 0 radical (unpaired) electrons. The number of halogens is 2. The van der Waals surface area contributed by atoms with Crippen LogP contribution in [0.5, 0.6) is 5.75 Å². The van der Waals surface area contributed by atoms with Gasteiger partial charge in [0.05, 0.1) is 21.7 Å². The number of rotatable bonds is 7. The van der Waals surface area contributed by atoms with Crippen molar-refractivity contribution in [1.29, 1.82) is 0 Å². The number of hydrogen-bond donors (Lipinski definition) is 1. The Morgan fingerprint density at radius 2 is 1.71 bits per heavy atom. The number of para-hydroxylation sites is 2. The summed E-state index contributed by atoms with van der Waals surface area (Å²) in [6.45, 7) is 7.92. The van der Waals surface area contributed by atoms with Crippen LogP contribution in [0.1, 0.15) is 39.5 Å². The van der Waals surface area contributed by atoms with E-state index in [0.29, 0.717) is 6.04 Å². The molecule has 34 heavy (non-hydrogen) atoms. The van der Waals surface area contributed by atoms with Crippen LogP contribution >= 0.6 is 11.6 Å². The van der Waals surface area contributed by atoms with E-state index in [9.17, 15) is 12.8 Å². The molecule has 1 N–H and O–H groups in total. The van der Waals surface area contributed by atoms with Crippen LogP contribution in [0.3, 0.4) is 0 Å². The van der Waals surface area contributed by atoms with Crippen molar-refractivity contribution in [2.75, 3.05) is 31.1 Å². The summed E-state index contributed by atoms with van der Waals surface area (Å²) in [6, 6.07) is 12.1. The highest BCUT2D eigenvalue weighted by atomic mass is 35.5. The van der Waals surface area contributed by atoms with Crippen LogP contribution in [-0.4, -0.2) is 57.7 Å². The first-order valence-electron chi connectivity index (χ1n) is 11.9. The van der Waals surface area contributed by atoms with Gasteiger partial charge in [-0.1, -0.05) is 23.7 Å². The second kappa shape index (κ2) is 10.8. The Balaban J connectivity index is 1.28. The van der Waals surface area contributed by atoms with Crippen LogP contribution in [0.2, 0.25) is 5.02 Å². The normalized spacial score (nSPS) is 22.2. The molecular weight excluding hydrogens is 477 g/mol. The van der Waals surface area contributed by atoms with Crippen molar-refractivity contribution in [2.24, 2.45) is 0 Å². The third-order valence-corrected chi connectivity index (χ3v) is 8.43. The van der Waals surface area contributed by atoms with Gasteiger partial charge in [0.15, 0.2) is 0 Å². The molecule has 0 amide bonds. The van der Waals surface area contributed by atoms with Crippen LogP contribution in [0.25, 0.3) is 0 Å². The van der Waals surface area contributed by atoms with Crippen LogP contribution < -0.4 is 14.4 Å². The van der Waals surface area contributed by atoms with Gasteiger partial charge in [0, 0.05) is 38.3 Å². The summed E-state index contributed by atoms with van der Waals surface area (Å²) in [5.74, 6) is 0.304. The molecule has 1 aliphatic heterocycles. The molecule has 0 atom stereocenters. The summed E-state index contributed by atoms with van der Waals surface area (Å²) in [6.07, 6.45) is 3.60. The first kappa shape index (κ1) is 25.2. The van der Waals surface area contributed by atoms with Gasteiger partial charge in [0.1, 0.15) is 11.6 Å². The van der Waals surface area contributed by atoms with Crippen molar-refractivity contribution in [3.05, 3.63) is 53.3 Å². The summed E-state index contributed by atoms with van der Waals surface area (Å²) < 4.78 is 47.6. The van der Waals surface area contributed by atoms with E-state index >= 15 is 0 Å². The zero-order valence-electron chi connectivity index (χ0n) is 19.7. The van der Waals surface area contributed by atoms with E-state index in [-0.39, 0.29) is 22.1 Å². The maximum Gasteiger partial charge on any atom is 0.240 e. The van der Waals surface area contributed by atoms with Crippen LogP contribution in [0.4, 0.5) is 10.1 Å². The lowest BCUT2D eigenvalue weighted by Crippen LogP contribution is -2.52. The molecule has 2 fully saturated rings. The molecule has 1 aliphatic carbocycles. The molecule has 2 aliphatic rings. The van der Waals surface area contributed by atoms with E-state index in [4.69, 9.17) is 16.3 Å². The highest BCUT2D eigenvalue weighted by molar-refractivity contribution is 7.89. The molecule has 1 heterocycles.